The summed E-state index contributed by atoms with van der Waals surface area (Å²) in [5, 5.41) is 6.45. The molecule has 1 aliphatic rings. The zero-order valence-corrected chi connectivity index (χ0v) is 23.5. The molecule has 2 N–H and O–H groups in total. The first-order valence-corrected chi connectivity index (χ1v) is 13.9. The number of anilines is 1. The Morgan fingerprint density at radius 1 is 1.18 bits per heavy atom. The summed E-state index contributed by atoms with van der Waals surface area (Å²) in [4.78, 5) is 45.9. The minimum Gasteiger partial charge on any atom is -0.352 e. The Balaban J connectivity index is 1.96. The van der Waals surface area contributed by atoms with Gasteiger partial charge in [-0.25, -0.2) is 9.55 Å². The number of nitrogens with zero attached hydrogens (tertiary/aromatic N) is 3. The molecule has 38 heavy (non-hydrogen) atoms. The molecule has 1 aromatic heterocycles. The molecule has 8 heteroatoms. The van der Waals surface area contributed by atoms with Crippen LogP contribution in [-0.4, -0.2) is 52.9 Å². The predicted octanol–water partition coefficient (Wildman–Crippen LogP) is 4.22. The van der Waals surface area contributed by atoms with Crippen molar-refractivity contribution in [2.24, 2.45) is 17.8 Å². The molecule has 1 saturated heterocycles. The van der Waals surface area contributed by atoms with E-state index in [1.807, 2.05) is 6.92 Å². The molecule has 1 aliphatic heterocycles. The van der Waals surface area contributed by atoms with Crippen LogP contribution in [0.5, 0.6) is 0 Å². The van der Waals surface area contributed by atoms with Gasteiger partial charge in [-0.05, 0) is 74.9 Å². The number of imide groups is 1. The summed E-state index contributed by atoms with van der Waals surface area (Å²) in [6.45, 7) is 14.4. The summed E-state index contributed by atoms with van der Waals surface area (Å²) in [5.41, 5.74) is 2.44. The van der Waals surface area contributed by atoms with Crippen molar-refractivity contribution in [1.29, 1.82) is 0 Å². The first-order valence-electron chi connectivity index (χ1n) is 13.9. The number of amides is 2. The molecule has 2 atom stereocenters. The van der Waals surface area contributed by atoms with Crippen LogP contribution < -0.4 is 16.2 Å². The highest BCUT2D eigenvalue weighted by Crippen LogP contribution is 2.23. The largest absolute Gasteiger partial charge is 0.352 e. The lowest BCUT2D eigenvalue weighted by Crippen LogP contribution is -2.41. The van der Waals surface area contributed by atoms with Crippen LogP contribution in [0.4, 0.5) is 5.95 Å². The van der Waals surface area contributed by atoms with Crippen LogP contribution >= 0.6 is 0 Å². The van der Waals surface area contributed by atoms with Crippen LogP contribution in [0, 0.1) is 17.8 Å². The van der Waals surface area contributed by atoms with E-state index in [9.17, 15) is 14.4 Å². The van der Waals surface area contributed by atoms with Gasteiger partial charge in [0.05, 0.1) is 11.4 Å². The predicted molar refractivity (Wildman–Crippen MR) is 153 cm³/mol. The van der Waals surface area contributed by atoms with Gasteiger partial charge in [0.15, 0.2) is 0 Å². The van der Waals surface area contributed by atoms with Gasteiger partial charge in [0, 0.05) is 30.6 Å². The van der Waals surface area contributed by atoms with E-state index in [2.05, 4.69) is 38.0 Å². The minimum atomic E-state index is -0.347. The van der Waals surface area contributed by atoms with Crippen LogP contribution in [0.25, 0.3) is 5.69 Å². The normalized spacial score (nSPS) is 15.5. The van der Waals surface area contributed by atoms with Crippen molar-refractivity contribution in [3.8, 4) is 5.69 Å². The van der Waals surface area contributed by atoms with Crippen LogP contribution in [0.15, 0.2) is 41.7 Å². The summed E-state index contributed by atoms with van der Waals surface area (Å²) in [6, 6.07) is 6.82. The number of hydrogen-bond donors (Lipinski definition) is 2. The Morgan fingerprint density at radius 2 is 1.84 bits per heavy atom. The zero-order valence-electron chi connectivity index (χ0n) is 23.5. The van der Waals surface area contributed by atoms with E-state index in [0.717, 1.165) is 43.6 Å². The van der Waals surface area contributed by atoms with E-state index in [1.165, 1.54) is 4.90 Å². The van der Waals surface area contributed by atoms with Gasteiger partial charge in [-0.15, -0.1) is 6.58 Å². The fourth-order valence-electron chi connectivity index (χ4n) is 4.93. The molecule has 3 rings (SSSR count). The molecule has 0 spiro atoms. The van der Waals surface area contributed by atoms with Crippen LogP contribution in [0.2, 0.25) is 0 Å². The highest BCUT2D eigenvalue weighted by molar-refractivity contribution is 6.05. The standard InChI is InChI=1S/C30H43N5O3/c1-7-16-32-30-33-26(9-3)25(19-21(5)20(4)8-2)29(38)35(30)24-12-10-22(11-13-24)27(36)34(6)28(37)23-14-17-31-18-15-23/h7,10-13,20-21,23,31H,1,8-9,14-19H2,2-6H3,(H,32,33)/t20?,21-/m1/s1. The maximum atomic E-state index is 13.9. The average Bonchev–Trinajstić information content (AvgIpc) is 2.95. The van der Waals surface area contributed by atoms with Crippen LogP contribution in [0.1, 0.15) is 68.6 Å². The molecular weight excluding hydrogens is 478 g/mol. The number of carbonyl (C=O) groups is 2. The zero-order chi connectivity index (χ0) is 27.8. The van der Waals surface area contributed by atoms with Gasteiger partial charge in [-0.2, -0.15) is 0 Å². The van der Waals surface area contributed by atoms with E-state index in [4.69, 9.17) is 4.98 Å². The molecular formula is C30H43N5O3. The van der Waals surface area contributed by atoms with Gasteiger partial charge in [0.1, 0.15) is 0 Å². The fraction of sp³-hybridized carbons (Fsp3) is 0.533. The molecule has 1 fully saturated rings. The summed E-state index contributed by atoms with van der Waals surface area (Å²) in [5.74, 6) is 0.645. The van der Waals surface area contributed by atoms with Gasteiger partial charge in [-0.1, -0.05) is 40.2 Å². The summed E-state index contributed by atoms with van der Waals surface area (Å²) >= 11 is 0. The van der Waals surface area contributed by atoms with E-state index in [-0.39, 0.29) is 23.3 Å². The maximum absolute atomic E-state index is 13.9. The van der Waals surface area contributed by atoms with Crippen molar-refractivity contribution >= 4 is 17.8 Å². The molecule has 0 saturated carbocycles. The number of carbonyl (C=O) groups excluding carboxylic acids is 2. The molecule has 2 amide bonds. The number of nitrogens with one attached hydrogen (secondary N) is 2. The van der Waals surface area contributed by atoms with Crippen molar-refractivity contribution in [2.75, 3.05) is 32.0 Å². The third kappa shape index (κ3) is 6.59. The van der Waals surface area contributed by atoms with Crippen molar-refractivity contribution in [3.05, 3.63) is 64.1 Å². The van der Waals surface area contributed by atoms with E-state index in [1.54, 1.807) is 42.0 Å². The Hall–Kier alpha value is -3.26. The third-order valence-electron chi connectivity index (χ3n) is 7.84. The maximum Gasteiger partial charge on any atom is 0.262 e. The van der Waals surface area contributed by atoms with Crippen molar-refractivity contribution in [3.63, 3.8) is 0 Å². The quantitative estimate of drug-likeness (QED) is 0.340. The minimum absolute atomic E-state index is 0.101. The molecule has 2 aromatic rings. The molecule has 8 nitrogen and oxygen atoms in total. The molecule has 2 heterocycles. The average molecular weight is 522 g/mol. The lowest BCUT2D eigenvalue weighted by atomic mass is 9.87. The highest BCUT2D eigenvalue weighted by atomic mass is 16.2. The van der Waals surface area contributed by atoms with E-state index >= 15 is 0 Å². The van der Waals surface area contributed by atoms with Crippen LogP contribution in [-0.2, 0) is 17.6 Å². The summed E-state index contributed by atoms with van der Waals surface area (Å²) in [6.07, 6.45) is 5.55. The van der Waals surface area contributed by atoms with E-state index < -0.39 is 0 Å². The number of benzene rings is 1. The second-order valence-corrected chi connectivity index (χ2v) is 10.4. The highest BCUT2D eigenvalue weighted by Gasteiger charge is 2.28. The van der Waals surface area contributed by atoms with Crippen LogP contribution in [0.3, 0.4) is 0 Å². The number of piperidine rings is 1. The first kappa shape index (κ1) is 29.3. The van der Waals surface area contributed by atoms with Gasteiger partial charge in [0.25, 0.3) is 11.5 Å². The lowest BCUT2D eigenvalue weighted by Gasteiger charge is -2.26. The Kier molecular flexibility index (Phi) is 10.4. The van der Waals surface area contributed by atoms with Crippen molar-refractivity contribution < 1.29 is 9.59 Å². The second-order valence-electron chi connectivity index (χ2n) is 10.4. The first-order chi connectivity index (χ1) is 18.2. The number of aromatic nitrogens is 2. The Bertz CT molecular complexity index is 1180. The topological polar surface area (TPSA) is 96.3 Å². The number of aryl methyl sites for hydroxylation is 1. The van der Waals surface area contributed by atoms with Gasteiger partial charge in [0.2, 0.25) is 11.9 Å². The van der Waals surface area contributed by atoms with Crippen molar-refractivity contribution in [1.82, 2.24) is 19.8 Å². The number of hydrogen-bond acceptors (Lipinski definition) is 6. The van der Waals surface area contributed by atoms with Gasteiger partial charge >= 0.3 is 0 Å². The second kappa shape index (κ2) is 13.5. The number of rotatable bonds is 11. The molecule has 0 bridgehead atoms. The monoisotopic (exact) mass is 521 g/mol. The lowest BCUT2D eigenvalue weighted by molar-refractivity contribution is -0.132. The Morgan fingerprint density at radius 3 is 2.42 bits per heavy atom. The molecule has 206 valence electrons. The molecule has 1 unspecified atom stereocenters. The summed E-state index contributed by atoms with van der Waals surface area (Å²) in [7, 11) is 1.54. The summed E-state index contributed by atoms with van der Waals surface area (Å²) < 4.78 is 1.58. The third-order valence-corrected chi connectivity index (χ3v) is 7.84. The van der Waals surface area contributed by atoms with Crippen molar-refractivity contribution in [2.45, 2.75) is 59.8 Å². The van der Waals surface area contributed by atoms with E-state index in [0.29, 0.717) is 48.4 Å². The van der Waals surface area contributed by atoms with Gasteiger partial charge in [-0.3, -0.25) is 19.3 Å². The van der Waals surface area contributed by atoms with Gasteiger partial charge < -0.3 is 10.6 Å². The molecule has 0 radical (unpaired) electrons. The smallest absolute Gasteiger partial charge is 0.262 e. The molecule has 0 aliphatic carbocycles. The fourth-order valence-corrected chi connectivity index (χ4v) is 4.93. The molecule has 1 aromatic carbocycles. The SMILES string of the molecule is C=CCNc1nc(CC)c(C[C@@H](C)C(C)CC)c(=O)n1-c1ccc(C(=O)N(C)C(=O)C2CCNCC2)cc1. The Labute approximate surface area is 226 Å².